The van der Waals surface area contributed by atoms with Crippen LogP contribution in [0.5, 0.6) is 0 Å². The van der Waals surface area contributed by atoms with Gasteiger partial charge in [-0.3, -0.25) is 20.4 Å². The van der Waals surface area contributed by atoms with Crippen LogP contribution in [0.4, 0.5) is 0 Å². The van der Waals surface area contributed by atoms with Crippen molar-refractivity contribution in [3.05, 3.63) is 65.2 Å². The molecule has 0 aliphatic heterocycles. The molecular weight excluding hydrogens is 344 g/mol. The molecule has 0 radical (unpaired) electrons. The van der Waals surface area contributed by atoms with Crippen molar-refractivity contribution < 1.29 is 9.59 Å². The molecule has 0 atom stereocenters. The van der Waals surface area contributed by atoms with Crippen LogP contribution in [0.25, 0.3) is 11.4 Å². The molecule has 2 amide bonds. The Labute approximate surface area is 147 Å². The van der Waals surface area contributed by atoms with Crippen LogP contribution in [0.2, 0.25) is 5.02 Å². The fraction of sp³-hybridized carbons (Fsp3) is 0.0625. The van der Waals surface area contributed by atoms with E-state index < -0.39 is 11.8 Å². The maximum atomic E-state index is 11.9. The van der Waals surface area contributed by atoms with E-state index >= 15 is 0 Å². The van der Waals surface area contributed by atoms with Gasteiger partial charge in [0.15, 0.2) is 0 Å². The largest absolute Gasteiger partial charge is 0.271 e. The summed E-state index contributed by atoms with van der Waals surface area (Å²) in [5, 5.41) is 12.3. The molecule has 3 rings (SSSR count). The molecular formula is C16H13ClN6O2. The van der Waals surface area contributed by atoms with Gasteiger partial charge in [0.1, 0.15) is 6.54 Å². The van der Waals surface area contributed by atoms with Crippen molar-refractivity contribution in [3.8, 4) is 11.4 Å². The third-order valence-electron chi connectivity index (χ3n) is 3.19. The van der Waals surface area contributed by atoms with Crippen LogP contribution in [-0.2, 0) is 11.3 Å². The number of halogens is 1. The lowest BCUT2D eigenvalue weighted by Crippen LogP contribution is -2.43. The normalized spacial score (nSPS) is 10.3. The van der Waals surface area contributed by atoms with E-state index in [0.717, 1.165) is 10.4 Å². The smallest absolute Gasteiger partial charge is 0.269 e. The highest BCUT2D eigenvalue weighted by Gasteiger charge is 2.11. The van der Waals surface area contributed by atoms with Crippen molar-refractivity contribution in [1.82, 2.24) is 31.1 Å². The molecule has 25 heavy (non-hydrogen) atoms. The maximum absolute atomic E-state index is 11.9. The van der Waals surface area contributed by atoms with Crippen molar-refractivity contribution in [3.63, 3.8) is 0 Å². The van der Waals surface area contributed by atoms with E-state index in [2.05, 4.69) is 26.3 Å². The lowest BCUT2D eigenvalue weighted by molar-refractivity contribution is -0.122. The number of hydrogen-bond donors (Lipinski definition) is 2. The minimum atomic E-state index is -0.487. The molecule has 0 saturated heterocycles. The average molecular weight is 357 g/mol. The first-order chi connectivity index (χ1) is 12.1. The van der Waals surface area contributed by atoms with E-state index in [0.29, 0.717) is 16.4 Å². The second-order valence-electron chi connectivity index (χ2n) is 5.02. The number of nitrogens with zero attached hydrogens (tertiary/aromatic N) is 4. The van der Waals surface area contributed by atoms with Gasteiger partial charge in [0, 0.05) is 16.1 Å². The Morgan fingerprint density at radius 2 is 1.72 bits per heavy atom. The molecule has 0 aliphatic rings. The molecule has 0 bridgehead atoms. The van der Waals surface area contributed by atoms with Gasteiger partial charge < -0.3 is 0 Å². The van der Waals surface area contributed by atoms with Crippen molar-refractivity contribution >= 4 is 23.4 Å². The molecule has 3 aromatic rings. The Bertz CT molecular complexity index is 879. The molecule has 0 unspecified atom stereocenters. The summed E-state index contributed by atoms with van der Waals surface area (Å²) < 4.78 is 0. The Hall–Kier alpha value is -3.26. The second kappa shape index (κ2) is 7.54. The number of aromatic nitrogens is 4. The monoisotopic (exact) mass is 356 g/mol. The number of nitrogens with one attached hydrogen (secondary N) is 2. The molecule has 2 N–H and O–H groups in total. The van der Waals surface area contributed by atoms with Gasteiger partial charge in [-0.05, 0) is 29.5 Å². The Kier molecular flexibility index (Phi) is 5.00. The van der Waals surface area contributed by atoms with Crippen molar-refractivity contribution in [2.45, 2.75) is 6.54 Å². The second-order valence-corrected chi connectivity index (χ2v) is 5.46. The summed E-state index contributed by atoms with van der Waals surface area (Å²) in [4.78, 5) is 24.9. The molecule has 9 heteroatoms. The zero-order valence-corrected chi connectivity index (χ0v) is 13.6. The number of tetrazole rings is 1. The molecule has 8 nitrogen and oxygen atoms in total. The maximum Gasteiger partial charge on any atom is 0.269 e. The number of amides is 2. The summed E-state index contributed by atoms with van der Waals surface area (Å²) >= 11 is 5.76. The molecule has 0 saturated carbocycles. The Morgan fingerprint density at radius 1 is 1.00 bits per heavy atom. The van der Waals surface area contributed by atoms with Crippen molar-refractivity contribution in [2.24, 2.45) is 0 Å². The van der Waals surface area contributed by atoms with Gasteiger partial charge in [-0.2, -0.15) is 4.80 Å². The topological polar surface area (TPSA) is 102 Å². The van der Waals surface area contributed by atoms with Crippen LogP contribution < -0.4 is 10.9 Å². The average Bonchev–Trinajstić information content (AvgIpc) is 3.09. The molecule has 2 aromatic carbocycles. The first-order valence-electron chi connectivity index (χ1n) is 7.30. The molecule has 1 aromatic heterocycles. The first-order valence-corrected chi connectivity index (χ1v) is 7.67. The third-order valence-corrected chi connectivity index (χ3v) is 3.44. The van der Waals surface area contributed by atoms with Gasteiger partial charge in [-0.25, -0.2) is 0 Å². The van der Waals surface area contributed by atoms with Gasteiger partial charge >= 0.3 is 0 Å². The Balaban J connectivity index is 1.54. The molecule has 1 heterocycles. The lowest BCUT2D eigenvalue weighted by atomic mass is 10.2. The van der Waals surface area contributed by atoms with Gasteiger partial charge in [0.05, 0.1) is 0 Å². The van der Waals surface area contributed by atoms with Gasteiger partial charge in [0.2, 0.25) is 5.82 Å². The van der Waals surface area contributed by atoms with Crippen LogP contribution in [0.1, 0.15) is 10.4 Å². The van der Waals surface area contributed by atoms with E-state index in [4.69, 9.17) is 11.6 Å². The predicted molar refractivity (Wildman–Crippen MR) is 90.3 cm³/mol. The number of carbonyl (C=O) groups excluding carboxylic acids is 2. The summed E-state index contributed by atoms with van der Waals surface area (Å²) in [5.74, 6) is -0.528. The summed E-state index contributed by atoms with van der Waals surface area (Å²) in [6, 6.07) is 15.5. The van der Waals surface area contributed by atoms with Crippen LogP contribution in [0.3, 0.4) is 0 Å². The van der Waals surface area contributed by atoms with Crippen LogP contribution in [-0.4, -0.2) is 32.0 Å². The van der Waals surface area contributed by atoms with Gasteiger partial charge in [-0.15, -0.1) is 10.2 Å². The summed E-state index contributed by atoms with van der Waals surface area (Å²) in [5.41, 5.74) is 5.77. The van der Waals surface area contributed by atoms with Crippen LogP contribution in [0, 0.1) is 0 Å². The standard InChI is InChI=1S/C16H13ClN6O2/c17-13-8-6-12(7-9-13)16(25)20-18-14(24)10-23-21-15(19-22-23)11-4-2-1-3-5-11/h1-9H,10H2,(H,18,24)(H,20,25). The number of hydrogen-bond acceptors (Lipinski definition) is 5. The predicted octanol–water partition coefficient (Wildman–Crippen LogP) is 1.45. The number of hydrazine groups is 1. The third kappa shape index (κ3) is 4.39. The lowest BCUT2D eigenvalue weighted by Gasteiger charge is -2.06. The summed E-state index contributed by atoms with van der Waals surface area (Å²) in [6.07, 6.45) is 0. The number of rotatable bonds is 4. The first kappa shape index (κ1) is 16.6. The molecule has 0 aliphatic carbocycles. The van der Waals surface area contributed by atoms with E-state index in [-0.39, 0.29) is 6.54 Å². The van der Waals surface area contributed by atoms with Gasteiger partial charge in [-0.1, -0.05) is 41.9 Å². The fourth-order valence-corrected chi connectivity index (χ4v) is 2.11. The minimum Gasteiger partial charge on any atom is -0.271 e. The van der Waals surface area contributed by atoms with Crippen LogP contribution in [0.15, 0.2) is 54.6 Å². The minimum absolute atomic E-state index is 0.180. The Morgan fingerprint density at radius 3 is 2.44 bits per heavy atom. The zero-order chi connectivity index (χ0) is 17.6. The van der Waals surface area contributed by atoms with E-state index in [1.165, 1.54) is 0 Å². The number of carbonyl (C=O) groups is 2. The molecule has 0 fully saturated rings. The molecule has 126 valence electrons. The van der Waals surface area contributed by atoms with E-state index in [1.807, 2.05) is 30.3 Å². The fourth-order valence-electron chi connectivity index (χ4n) is 1.98. The van der Waals surface area contributed by atoms with Crippen molar-refractivity contribution in [1.29, 1.82) is 0 Å². The van der Waals surface area contributed by atoms with E-state index in [1.54, 1.807) is 24.3 Å². The quantitative estimate of drug-likeness (QED) is 0.689. The van der Waals surface area contributed by atoms with Crippen molar-refractivity contribution in [2.75, 3.05) is 0 Å². The highest BCUT2D eigenvalue weighted by atomic mass is 35.5. The SMILES string of the molecule is O=C(Cn1nnc(-c2ccccc2)n1)NNC(=O)c1ccc(Cl)cc1. The highest BCUT2D eigenvalue weighted by molar-refractivity contribution is 6.30. The molecule has 0 spiro atoms. The van der Waals surface area contributed by atoms with E-state index in [9.17, 15) is 9.59 Å². The zero-order valence-electron chi connectivity index (χ0n) is 12.9. The van der Waals surface area contributed by atoms with Crippen LogP contribution >= 0.6 is 11.6 Å². The van der Waals surface area contributed by atoms with Gasteiger partial charge in [0.25, 0.3) is 11.8 Å². The number of benzene rings is 2. The summed E-state index contributed by atoms with van der Waals surface area (Å²) in [7, 11) is 0. The highest BCUT2D eigenvalue weighted by Crippen LogP contribution is 2.11. The summed E-state index contributed by atoms with van der Waals surface area (Å²) in [6.45, 7) is -0.180.